The van der Waals surface area contributed by atoms with Crippen LogP contribution in [0.2, 0.25) is 0 Å². The number of carbonyl (C=O) groups is 1. The molecule has 28 heavy (non-hydrogen) atoms. The smallest absolute Gasteiger partial charge is 0.261 e. The SMILES string of the molecule is O=C(Cn1cnc2ccccc2c1=O)N(C1CC1)C1CCCc2ccccc21. The molecule has 5 nitrogen and oxygen atoms in total. The average molecular weight is 373 g/mol. The normalized spacial score (nSPS) is 18.6. The van der Waals surface area contributed by atoms with Crippen LogP contribution in [0.15, 0.2) is 59.7 Å². The maximum atomic E-state index is 13.3. The van der Waals surface area contributed by atoms with Gasteiger partial charge in [0.1, 0.15) is 6.54 Å². The molecule has 1 amide bonds. The maximum Gasteiger partial charge on any atom is 0.261 e. The van der Waals surface area contributed by atoms with E-state index in [1.807, 2.05) is 18.2 Å². The fourth-order valence-electron chi connectivity index (χ4n) is 4.45. The van der Waals surface area contributed by atoms with E-state index in [4.69, 9.17) is 0 Å². The van der Waals surface area contributed by atoms with Gasteiger partial charge in [-0.05, 0) is 55.4 Å². The Morgan fingerprint density at radius 3 is 2.71 bits per heavy atom. The quantitative estimate of drug-likeness (QED) is 0.704. The van der Waals surface area contributed by atoms with Gasteiger partial charge in [-0.3, -0.25) is 14.2 Å². The van der Waals surface area contributed by atoms with Crippen LogP contribution in [0.1, 0.15) is 42.9 Å². The number of para-hydroxylation sites is 1. The lowest BCUT2D eigenvalue weighted by molar-refractivity contribution is -0.135. The number of hydrogen-bond donors (Lipinski definition) is 0. The molecule has 5 heteroatoms. The molecule has 2 aromatic carbocycles. The first-order valence-electron chi connectivity index (χ1n) is 10.1. The number of carbonyl (C=O) groups excluding carboxylic acids is 1. The van der Waals surface area contributed by atoms with Crippen LogP contribution < -0.4 is 5.56 Å². The number of hydrogen-bond acceptors (Lipinski definition) is 3. The number of fused-ring (bicyclic) bond motifs is 2. The minimum atomic E-state index is -0.154. The number of rotatable bonds is 4. The second-order valence-electron chi connectivity index (χ2n) is 7.83. The lowest BCUT2D eigenvalue weighted by atomic mass is 9.86. The van der Waals surface area contributed by atoms with E-state index >= 15 is 0 Å². The van der Waals surface area contributed by atoms with Gasteiger partial charge in [-0.25, -0.2) is 4.98 Å². The zero-order valence-corrected chi connectivity index (χ0v) is 15.8. The third-order valence-electron chi connectivity index (χ3n) is 5.94. The summed E-state index contributed by atoms with van der Waals surface area (Å²) >= 11 is 0. The van der Waals surface area contributed by atoms with E-state index in [1.165, 1.54) is 22.0 Å². The predicted molar refractivity (Wildman–Crippen MR) is 108 cm³/mol. The number of aromatic nitrogens is 2. The monoisotopic (exact) mass is 373 g/mol. The van der Waals surface area contributed by atoms with Gasteiger partial charge in [0.15, 0.2) is 0 Å². The van der Waals surface area contributed by atoms with Crippen molar-refractivity contribution in [3.63, 3.8) is 0 Å². The van der Waals surface area contributed by atoms with Crippen molar-refractivity contribution in [2.24, 2.45) is 0 Å². The molecule has 1 heterocycles. The van der Waals surface area contributed by atoms with Crippen molar-refractivity contribution in [3.8, 4) is 0 Å². The first kappa shape index (κ1) is 17.2. The van der Waals surface area contributed by atoms with E-state index < -0.39 is 0 Å². The van der Waals surface area contributed by atoms with E-state index in [2.05, 4.69) is 34.1 Å². The van der Waals surface area contributed by atoms with E-state index in [9.17, 15) is 9.59 Å². The fraction of sp³-hybridized carbons (Fsp3) is 0.348. The van der Waals surface area contributed by atoms with E-state index in [0.29, 0.717) is 16.9 Å². The summed E-state index contributed by atoms with van der Waals surface area (Å²) in [6.07, 6.45) is 6.76. The molecular formula is C23H23N3O2. The van der Waals surface area contributed by atoms with Gasteiger partial charge < -0.3 is 4.90 Å². The van der Waals surface area contributed by atoms with Crippen LogP contribution >= 0.6 is 0 Å². The van der Waals surface area contributed by atoms with Gasteiger partial charge in [0.2, 0.25) is 5.91 Å². The molecule has 1 aromatic heterocycles. The fourth-order valence-corrected chi connectivity index (χ4v) is 4.45. The van der Waals surface area contributed by atoms with Crippen molar-refractivity contribution in [2.45, 2.75) is 50.7 Å². The molecule has 2 aliphatic rings. The number of amides is 1. The van der Waals surface area contributed by atoms with Crippen LogP contribution in [0.4, 0.5) is 0 Å². The maximum absolute atomic E-state index is 13.3. The molecule has 2 aliphatic carbocycles. The highest BCUT2D eigenvalue weighted by Crippen LogP contribution is 2.40. The number of benzene rings is 2. The van der Waals surface area contributed by atoms with Crippen molar-refractivity contribution < 1.29 is 4.79 Å². The minimum absolute atomic E-state index is 0.0170. The van der Waals surface area contributed by atoms with Gasteiger partial charge in [-0.2, -0.15) is 0 Å². The van der Waals surface area contributed by atoms with Crippen molar-refractivity contribution in [1.82, 2.24) is 14.5 Å². The van der Waals surface area contributed by atoms with Crippen LogP contribution in [0.25, 0.3) is 10.9 Å². The van der Waals surface area contributed by atoms with Gasteiger partial charge in [-0.1, -0.05) is 36.4 Å². The first-order chi connectivity index (χ1) is 13.7. The third kappa shape index (κ3) is 3.01. The van der Waals surface area contributed by atoms with Gasteiger partial charge in [-0.15, -0.1) is 0 Å². The number of nitrogens with zero attached hydrogens (tertiary/aromatic N) is 3. The summed E-state index contributed by atoms with van der Waals surface area (Å²) in [5.74, 6) is 0.0170. The summed E-state index contributed by atoms with van der Waals surface area (Å²) in [6.45, 7) is 0.0475. The Morgan fingerprint density at radius 2 is 1.86 bits per heavy atom. The highest BCUT2D eigenvalue weighted by molar-refractivity contribution is 5.79. The molecule has 5 rings (SSSR count). The zero-order chi connectivity index (χ0) is 19.1. The average Bonchev–Trinajstić information content (AvgIpc) is 3.56. The van der Waals surface area contributed by atoms with Crippen molar-refractivity contribution in [1.29, 1.82) is 0 Å². The summed E-state index contributed by atoms with van der Waals surface area (Å²) in [4.78, 5) is 32.5. The van der Waals surface area contributed by atoms with Crippen LogP contribution in [0, 0.1) is 0 Å². The minimum Gasteiger partial charge on any atom is -0.331 e. The highest BCUT2D eigenvalue weighted by Gasteiger charge is 2.39. The van der Waals surface area contributed by atoms with E-state index in [-0.39, 0.29) is 24.1 Å². The molecule has 142 valence electrons. The summed E-state index contributed by atoms with van der Waals surface area (Å²) < 4.78 is 1.45. The van der Waals surface area contributed by atoms with Gasteiger partial charge in [0, 0.05) is 6.04 Å². The Bertz CT molecular complexity index is 1100. The van der Waals surface area contributed by atoms with Gasteiger partial charge >= 0.3 is 0 Å². The lowest BCUT2D eigenvalue weighted by Gasteiger charge is -2.36. The molecule has 1 saturated carbocycles. The molecule has 1 unspecified atom stereocenters. The second-order valence-corrected chi connectivity index (χ2v) is 7.83. The van der Waals surface area contributed by atoms with Gasteiger partial charge in [0.05, 0.1) is 23.3 Å². The molecule has 0 aliphatic heterocycles. The Morgan fingerprint density at radius 1 is 1.07 bits per heavy atom. The summed E-state index contributed by atoms with van der Waals surface area (Å²) in [7, 11) is 0. The molecule has 3 aromatic rings. The standard InChI is InChI=1S/C23H23N3O2/c27-22(14-25-15-24-20-10-4-3-9-19(20)23(25)28)26(17-12-13-17)21-11-5-7-16-6-1-2-8-18(16)21/h1-4,6,8-10,15,17,21H,5,7,11-14H2. The van der Waals surface area contributed by atoms with Crippen LogP contribution in [0.5, 0.6) is 0 Å². The van der Waals surface area contributed by atoms with Crippen LogP contribution in [-0.2, 0) is 17.8 Å². The first-order valence-corrected chi connectivity index (χ1v) is 10.1. The molecule has 0 spiro atoms. The topological polar surface area (TPSA) is 55.2 Å². The van der Waals surface area contributed by atoms with E-state index in [0.717, 1.165) is 32.1 Å². The molecule has 0 bridgehead atoms. The van der Waals surface area contributed by atoms with E-state index in [1.54, 1.807) is 6.07 Å². The molecule has 0 saturated heterocycles. The Balaban J connectivity index is 1.47. The molecule has 0 N–H and O–H groups in total. The second kappa shape index (κ2) is 6.89. The van der Waals surface area contributed by atoms with Crippen LogP contribution in [-0.4, -0.2) is 26.4 Å². The Labute approximate surface area is 163 Å². The Hall–Kier alpha value is -2.95. The van der Waals surface area contributed by atoms with Crippen molar-refractivity contribution in [3.05, 3.63) is 76.3 Å². The predicted octanol–water partition coefficient (Wildman–Crippen LogP) is 3.47. The summed E-state index contributed by atoms with van der Waals surface area (Å²) in [5.41, 5.74) is 3.13. The summed E-state index contributed by atoms with van der Waals surface area (Å²) in [5, 5.41) is 0.554. The highest BCUT2D eigenvalue weighted by atomic mass is 16.2. The largest absolute Gasteiger partial charge is 0.331 e. The molecule has 1 atom stereocenters. The van der Waals surface area contributed by atoms with Gasteiger partial charge in [0.25, 0.3) is 5.56 Å². The van der Waals surface area contributed by atoms with Crippen LogP contribution in [0.3, 0.4) is 0 Å². The van der Waals surface area contributed by atoms with Crippen molar-refractivity contribution >= 4 is 16.8 Å². The van der Waals surface area contributed by atoms with Crippen molar-refractivity contribution in [2.75, 3.05) is 0 Å². The summed E-state index contributed by atoms with van der Waals surface area (Å²) in [6, 6.07) is 16.2. The molecule has 1 fully saturated rings. The number of aryl methyl sites for hydroxylation is 1. The third-order valence-corrected chi connectivity index (χ3v) is 5.94. The molecule has 0 radical (unpaired) electrons. The zero-order valence-electron chi connectivity index (χ0n) is 15.8. The molecular weight excluding hydrogens is 350 g/mol. The lowest BCUT2D eigenvalue weighted by Crippen LogP contribution is -2.41. The Kier molecular flexibility index (Phi) is 4.23.